The van der Waals surface area contributed by atoms with Gasteiger partial charge in [0.2, 0.25) is 0 Å². The molecule has 0 fully saturated rings. The van der Waals surface area contributed by atoms with E-state index in [1.165, 1.54) is 0 Å². The van der Waals surface area contributed by atoms with Crippen molar-refractivity contribution >= 4 is 27.9 Å². The topological polar surface area (TPSA) is 85.3 Å². The maximum Gasteiger partial charge on any atom is 0.407 e. The summed E-state index contributed by atoms with van der Waals surface area (Å²) in [4.78, 5) is 24.1. The summed E-state index contributed by atoms with van der Waals surface area (Å²) in [5.74, 6) is 0.0766. The van der Waals surface area contributed by atoms with Gasteiger partial charge in [-0.05, 0) is 43.5 Å². The normalized spacial score (nSPS) is 11.9. The zero-order valence-electron chi connectivity index (χ0n) is 15.7. The number of carbonyl (C=O) groups is 2. The van der Waals surface area contributed by atoms with E-state index in [9.17, 15) is 9.59 Å². The van der Waals surface area contributed by atoms with Gasteiger partial charge >= 0.3 is 6.09 Å². The Hall–Kier alpha value is -2.35. The molecule has 8 heteroatoms. The first-order valence-corrected chi connectivity index (χ1v) is 9.71. The largest absolute Gasteiger partial charge is 0.450 e. The molecule has 146 valence electrons. The van der Waals surface area contributed by atoms with Crippen molar-refractivity contribution in [3.8, 4) is 5.69 Å². The number of nitrogens with zero attached hydrogens (tertiary/aromatic N) is 2. The van der Waals surface area contributed by atoms with Crippen molar-refractivity contribution in [2.24, 2.45) is 5.92 Å². The van der Waals surface area contributed by atoms with E-state index in [0.29, 0.717) is 24.8 Å². The number of halogens is 1. The summed E-state index contributed by atoms with van der Waals surface area (Å²) in [5.41, 5.74) is 1.17. The second-order valence-corrected chi connectivity index (χ2v) is 7.44. The Morgan fingerprint density at radius 1 is 1.30 bits per heavy atom. The number of alkyl carbamates (subject to hydrolysis) is 1. The Balaban J connectivity index is 1.97. The average Bonchev–Trinajstić information content (AvgIpc) is 3.09. The number of rotatable bonds is 8. The second kappa shape index (κ2) is 10.1. The summed E-state index contributed by atoms with van der Waals surface area (Å²) >= 11 is 3.42. The van der Waals surface area contributed by atoms with Gasteiger partial charge in [-0.1, -0.05) is 35.8 Å². The molecule has 2 aromatic rings. The lowest BCUT2D eigenvalue weighted by Crippen LogP contribution is -2.44. The number of nitrogens with one attached hydrogen (secondary N) is 2. The van der Waals surface area contributed by atoms with Crippen LogP contribution in [0.15, 0.2) is 41.0 Å². The van der Waals surface area contributed by atoms with Gasteiger partial charge in [0.25, 0.3) is 5.91 Å². The van der Waals surface area contributed by atoms with E-state index in [1.54, 1.807) is 23.9 Å². The van der Waals surface area contributed by atoms with Gasteiger partial charge in [0.15, 0.2) is 5.69 Å². The number of hydrogen-bond donors (Lipinski definition) is 2. The fourth-order valence-electron chi connectivity index (χ4n) is 2.62. The molecule has 0 saturated carbocycles. The Labute approximate surface area is 167 Å². The molecule has 1 unspecified atom stereocenters. The molecule has 2 N–H and O–H groups in total. The van der Waals surface area contributed by atoms with Gasteiger partial charge in [0.05, 0.1) is 12.3 Å². The minimum Gasteiger partial charge on any atom is -0.450 e. The van der Waals surface area contributed by atoms with Crippen LogP contribution in [-0.4, -0.2) is 41.0 Å². The van der Waals surface area contributed by atoms with Gasteiger partial charge in [-0.25, -0.2) is 9.48 Å². The van der Waals surface area contributed by atoms with Gasteiger partial charge in [-0.15, -0.1) is 0 Å². The molecule has 0 radical (unpaired) electrons. The summed E-state index contributed by atoms with van der Waals surface area (Å²) in [6, 6.07) is 9.09. The molecule has 1 heterocycles. The average molecular weight is 437 g/mol. The summed E-state index contributed by atoms with van der Waals surface area (Å²) in [6.45, 7) is 6.47. The Kier molecular flexibility index (Phi) is 7.84. The van der Waals surface area contributed by atoms with Crippen molar-refractivity contribution in [2.75, 3.05) is 13.2 Å². The minimum atomic E-state index is -0.476. The smallest absolute Gasteiger partial charge is 0.407 e. The van der Waals surface area contributed by atoms with E-state index in [1.807, 2.05) is 24.3 Å². The molecular weight excluding hydrogens is 412 g/mol. The quantitative estimate of drug-likeness (QED) is 0.662. The number of hydrogen-bond acceptors (Lipinski definition) is 4. The summed E-state index contributed by atoms with van der Waals surface area (Å²) in [7, 11) is 0. The molecule has 0 aliphatic heterocycles. The molecule has 0 spiro atoms. The third-order valence-electron chi connectivity index (χ3n) is 3.76. The third kappa shape index (κ3) is 6.71. The first kappa shape index (κ1) is 21.0. The third-order valence-corrected chi connectivity index (χ3v) is 4.25. The predicted molar refractivity (Wildman–Crippen MR) is 107 cm³/mol. The van der Waals surface area contributed by atoms with Gasteiger partial charge in [0.1, 0.15) is 0 Å². The van der Waals surface area contributed by atoms with Crippen LogP contribution in [0.3, 0.4) is 0 Å². The molecule has 0 bridgehead atoms. The van der Waals surface area contributed by atoms with E-state index in [-0.39, 0.29) is 11.9 Å². The van der Waals surface area contributed by atoms with Crippen molar-refractivity contribution in [1.82, 2.24) is 20.4 Å². The van der Waals surface area contributed by atoms with Gasteiger partial charge < -0.3 is 15.4 Å². The van der Waals surface area contributed by atoms with Crippen molar-refractivity contribution in [1.29, 1.82) is 0 Å². The number of benzene rings is 1. The lowest BCUT2D eigenvalue weighted by Gasteiger charge is -2.20. The molecule has 1 aromatic carbocycles. The number of amides is 2. The van der Waals surface area contributed by atoms with Crippen LogP contribution in [0.2, 0.25) is 0 Å². The summed E-state index contributed by atoms with van der Waals surface area (Å²) < 4.78 is 7.50. The summed E-state index contributed by atoms with van der Waals surface area (Å²) in [5, 5.41) is 9.94. The van der Waals surface area contributed by atoms with Crippen LogP contribution in [-0.2, 0) is 4.74 Å². The number of ether oxygens (including phenoxy) is 1. The van der Waals surface area contributed by atoms with Gasteiger partial charge in [-0.2, -0.15) is 5.10 Å². The van der Waals surface area contributed by atoms with Crippen LogP contribution >= 0.6 is 15.9 Å². The van der Waals surface area contributed by atoms with Crippen molar-refractivity contribution in [3.63, 3.8) is 0 Å². The molecule has 27 heavy (non-hydrogen) atoms. The van der Waals surface area contributed by atoms with E-state index in [4.69, 9.17) is 4.74 Å². The molecule has 0 aliphatic rings. The van der Waals surface area contributed by atoms with Crippen LogP contribution < -0.4 is 10.6 Å². The van der Waals surface area contributed by atoms with Crippen LogP contribution in [0, 0.1) is 5.92 Å². The maximum absolute atomic E-state index is 12.4. The van der Waals surface area contributed by atoms with Crippen molar-refractivity contribution in [2.45, 2.75) is 33.2 Å². The molecule has 1 atom stereocenters. The highest BCUT2D eigenvalue weighted by molar-refractivity contribution is 9.10. The van der Waals surface area contributed by atoms with Gasteiger partial charge in [0, 0.05) is 23.3 Å². The highest BCUT2D eigenvalue weighted by Gasteiger charge is 2.17. The number of aromatic nitrogens is 2. The number of carbonyl (C=O) groups excluding carboxylic acids is 2. The SMILES string of the molecule is CCOC(=O)NC(CNC(=O)c1ccn(-c2cccc(Br)c2)n1)CC(C)C. The summed E-state index contributed by atoms with van der Waals surface area (Å²) in [6.07, 6.45) is 1.99. The zero-order chi connectivity index (χ0) is 19.8. The fraction of sp³-hybridized carbons (Fsp3) is 0.421. The van der Waals surface area contributed by atoms with Crippen molar-refractivity contribution < 1.29 is 14.3 Å². The van der Waals surface area contributed by atoms with Crippen molar-refractivity contribution in [3.05, 3.63) is 46.7 Å². The van der Waals surface area contributed by atoms with Crippen LogP contribution in [0.25, 0.3) is 5.69 Å². The molecule has 2 rings (SSSR count). The van der Waals surface area contributed by atoms with E-state index >= 15 is 0 Å². The Bertz CT molecular complexity index is 776. The van der Waals surface area contributed by atoms with Gasteiger partial charge in [-0.3, -0.25) is 4.79 Å². The predicted octanol–water partition coefficient (Wildman–Crippen LogP) is 3.53. The monoisotopic (exact) mass is 436 g/mol. The lowest BCUT2D eigenvalue weighted by atomic mass is 10.0. The second-order valence-electron chi connectivity index (χ2n) is 6.53. The Morgan fingerprint density at radius 3 is 2.74 bits per heavy atom. The van der Waals surface area contributed by atoms with E-state index in [0.717, 1.165) is 16.6 Å². The molecule has 0 aliphatic carbocycles. The molecule has 2 amide bonds. The Morgan fingerprint density at radius 2 is 2.07 bits per heavy atom. The van der Waals surface area contributed by atoms with E-state index < -0.39 is 6.09 Å². The van der Waals surface area contributed by atoms with Crippen LogP contribution in [0.5, 0.6) is 0 Å². The minimum absolute atomic E-state index is 0.208. The maximum atomic E-state index is 12.4. The lowest BCUT2D eigenvalue weighted by molar-refractivity contribution is 0.0939. The first-order valence-electron chi connectivity index (χ1n) is 8.92. The van der Waals surface area contributed by atoms with Crippen LogP contribution in [0.1, 0.15) is 37.7 Å². The molecule has 1 aromatic heterocycles. The highest BCUT2D eigenvalue weighted by Crippen LogP contribution is 2.15. The standard InChI is InChI=1S/C19H25BrN4O3/c1-4-27-19(26)22-15(10-13(2)3)12-21-18(25)17-8-9-24(23-17)16-7-5-6-14(20)11-16/h5-9,11,13,15H,4,10,12H2,1-3H3,(H,21,25)(H,22,26). The highest BCUT2D eigenvalue weighted by atomic mass is 79.9. The van der Waals surface area contributed by atoms with E-state index in [2.05, 4.69) is 45.5 Å². The zero-order valence-corrected chi connectivity index (χ0v) is 17.3. The first-order chi connectivity index (χ1) is 12.9. The molecule has 0 saturated heterocycles. The van der Waals surface area contributed by atoms with Crippen LogP contribution in [0.4, 0.5) is 4.79 Å². The fourth-order valence-corrected chi connectivity index (χ4v) is 3.00. The molecular formula is C19H25BrN4O3. The molecule has 7 nitrogen and oxygen atoms in total.